The van der Waals surface area contributed by atoms with Crippen LogP contribution in [0.3, 0.4) is 0 Å². The van der Waals surface area contributed by atoms with Crippen LogP contribution in [0.2, 0.25) is 0 Å². The number of aliphatic carboxylic acids is 1. The second-order valence-electron chi connectivity index (χ2n) is 6.99. The van der Waals surface area contributed by atoms with Crippen LogP contribution in [-0.2, 0) is 9.59 Å². The van der Waals surface area contributed by atoms with Gasteiger partial charge in [0.05, 0.1) is 5.92 Å². The molecule has 2 aliphatic rings. The summed E-state index contributed by atoms with van der Waals surface area (Å²) in [5, 5.41) is 12.5. The number of amides is 1. The van der Waals surface area contributed by atoms with Crippen LogP contribution in [0.1, 0.15) is 64.7 Å². The molecular weight excluding hydrogens is 268 g/mol. The molecule has 1 amide bonds. The zero-order valence-electron chi connectivity index (χ0n) is 12.9. The Morgan fingerprint density at radius 1 is 1.14 bits per heavy atom. The summed E-state index contributed by atoms with van der Waals surface area (Å²) < 4.78 is 0. The standard InChI is InChI=1S/C16H28N2O3/c1-11-6-5-9-16(10-11,15(20)21)18-14(19)12-7-3-2-4-8-13(12)17/h11-13H,2-10,17H2,1H3,(H,18,19)(H,20,21). The first-order chi connectivity index (χ1) is 9.94. The number of carboxylic acids is 1. The Bertz CT molecular complexity index is 399. The van der Waals surface area contributed by atoms with Crippen LogP contribution in [0.15, 0.2) is 0 Å². The van der Waals surface area contributed by atoms with Gasteiger partial charge in [0.15, 0.2) is 0 Å². The Morgan fingerprint density at radius 2 is 1.86 bits per heavy atom. The van der Waals surface area contributed by atoms with Gasteiger partial charge in [-0.2, -0.15) is 0 Å². The number of rotatable bonds is 3. The van der Waals surface area contributed by atoms with Crippen molar-refractivity contribution in [1.29, 1.82) is 0 Å². The highest BCUT2D eigenvalue weighted by atomic mass is 16.4. The summed E-state index contributed by atoms with van der Waals surface area (Å²) in [5.74, 6) is -0.954. The molecule has 0 radical (unpaired) electrons. The molecule has 4 atom stereocenters. The SMILES string of the molecule is CC1CCCC(NC(=O)C2CCCCCC2N)(C(=O)O)C1. The summed E-state index contributed by atoms with van der Waals surface area (Å²) in [5.41, 5.74) is 5.04. The number of carbonyl (C=O) groups excluding carboxylic acids is 1. The normalized spacial score (nSPS) is 37.5. The molecule has 0 saturated heterocycles. The van der Waals surface area contributed by atoms with E-state index in [9.17, 15) is 14.7 Å². The Hall–Kier alpha value is -1.10. The molecule has 0 aromatic rings. The molecule has 4 unspecified atom stereocenters. The second kappa shape index (κ2) is 6.77. The number of carbonyl (C=O) groups is 2. The van der Waals surface area contributed by atoms with Gasteiger partial charge >= 0.3 is 5.97 Å². The number of hydrogen-bond acceptors (Lipinski definition) is 3. The van der Waals surface area contributed by atoms with Gasteiger partial charge in [-0.05, 0) is 31.6 Å². The van der Waals surface area contributed by atoms with Crippen molar-refractivity contribution in [1.82, 2.24) is 5.32 Å². The molecule has 0 heterocycles. The molecule has 2 aliphatic carbocycles. The lowest BCUT2D eigenvalue weighted by atomic mass is 9.76. The summed E-state index contributed by atoms with van der Waals surface area (Å²) in [4.78, 5) is 24.3. The summed E-state index contributed by atoms with van der Waals surface area (Å²) >= 11 is 0. The molecule has 2 rings (SSSR count). The van der Waals surface area contributed by atoms with E-state index in [0.717, 1.165) is 44.9 Å². The van der Waals surface area contributed by atoms with Crippen LogP contribution in [0.4, 0.5) is 0 Å². The third-order valence-corrected chi connectivity index (χ3v) is 5.18. The van der Waals surface area contributed by atoms with E-state index in [1.807, 2.05) is 0 Å². The van der Waals surface area contributed by atoms with Gasteiger partial charge < -0.3 is 16.2 Å². The molecule has 0 aromatic heterocycles. The fourth-order valence-electron chi connectivity index (χ4n) is 3.90. The minimum atomic E-state index is -1.08. The molecule has 0 spiro atoms. The van der Waals surface area contributed by atoms with Gasteiger partial charge in [0.25, 0.3) is 0 Å². The van der Waals surface area contributed by atoms with Crippen molar-refractivity contribution in [2.75, 3.05) is 0 Å². The minimum Gasteiger partial charge on any atom is -0.480 e. The number of hydrogen-bond donors (Lipinski definition) is 3. The molecule has 2 fully saturated rings. The molecule has 0 bridgehead atoms. The van der Waals surface area contributed by atoms with Crippen molar-refractivity contribution in [3.8, 4) is 0 Å². The van der Waals surface area contributed by atoms with Crippen LogP contribution < -0.4 is 11.1 Å². The molecular formula is C16H28N2O3. The monoisotopic (exact) mass is 296 g/mol. The van der Waals surface area contributed by atoms with E-state index in [1.54, 1.807) is 0 Å². The molecule has 0 aliphatic heterocycles. The van der Waals surface area contributed by atoms with Gasteiger partial charge in [-0.25, -0.2) is 4.79 Å². The highest BCUT2D eigenvalue weighted by molar-refractivity contribution is 5.88. The Kier molecular flexibility index (Phi) is 5.25. The summed E-state index contributed by atoms with van der Waals surface area (Å²) in [6.45, 7) is 2.06. The van der Waals surface area contributed by atoms with Crippen LogP contribution in [0.25, 0.3) is 0 Å². The van der Waals surface area contributed by atoms with E-state index in [1.165, 1.54) is 0 Å². The molecule has 0 aromatic carbocycles. The highest BCUT2D eigenvalue weighted by Gasteiger charge is 2.44. The van der Waals surface area contributed by atoms with Crippen molar-refractivity contribution < 1.29 is 14.7 Å². The minimum absolute atomic E-state index is 0.139. The average Bonchev–Trinajstić information content (AvgIpc) is 2.63. The molecule has 120 valence electrons. The first-order valence-electron chi connectivity index (χ1n) is 8.25. The quantitative estimate of drug-likeness (QED) is 0.695. The number of nitrogens with two attached hydrogens (primary N) is 1. The van der Waals surface area contributed by atoms with Gasteiger partial charge in [-0.15, -0.1) is 0 Å². The zero-order valence-corrected chi connectivity index (χ0v) is 12.9. The lowest BCUT2D eigenvalue weighted by Crippen LogP contribution is -2.59. The summed E-state index contributed by atoms with van der Waals surface area (Å²) in [6.07, 6.45) is 7.74. The molecule has 4 N–H and O–H groups in total. The molecule has 5 heteroatoms. The van der Waals surface area contributed by atoms with Crippen molar-refractivity contribution in [2.24, 2.45) is 17.6 Å². The van der Waals surface area contributed by atoms with E-state index in [0.29, 0.717) is 18.8 Å². The van der Waals surface area contributed by atoms with E-state index >= 15 is 0 Å². The maximum atomic E-state index is 12.6. The molecule has 5 nitrogen and oxygen atoms in total. The maximum absolute atomic E-state index is 12.6. The van der Waals surface area contributed by atoms with Gasteiger partial charge in [-0.3, -0.25) is 4.79 Å². The predicted octanol–water partition coefficient (Wildman–Crippen LogP) is 2.04. The molecule has 2 saturated carbocycles. The zero-order chi connectivity index (χ0) is 15.5. The lowest BCUT2D eigenvalue weighted by Gasteiger charge is -2.38. The van der Waals surface area contributed by atoms with Crippen LogP contribution in [0.5, 0.6) is 0 Å². The van der Waals surface area contributed by atoms with Gasteiger partial charge in [0.1, 0.15) is 5.54 Å². The van der Waals surface area contributed by atoms with E-state index in [4.69, 9.17) is 5.73 Å². The third kappa shape index (κ3) is 3.76. The van der Waals surface area contributed by atoms with Gasteiger partial charge in [-0.1, -0.05) is 39.0 Å². The smallest absolute Gasteiger partial charge is 0.329 e. The van der Waals surface area contributed by atoms with Gasteiger partial charge in [0, 0.05) is 6.04 Å². The van der Waals surface area contributed by atoms with E-state index in [2.05, 4.69) is 12.2 Å². The summed E-state index contributed by atoms with van der Waals surface area (Å²) in [6, 6.07) is -0.139. The second-order valence-corrected chi connectivity index (χ2v) is 6.99. The van der Waals surface area contributed by atoms with Crippen molar-refractivity contribution >= 4 is 11.9 Å². The largest absolute Gasteiger partial charge is 0.480 e. The highest BCUT2D eigenvalue weighted by Crippen LogP contribution is 2.33. The Labute approximate surface area is 126 Å². The summed E-state index contributed by atoms with van der Waals surface area (Å²) in [7, 11) is 0. The lowest BCUT2D eigenvalue weighted by molar-refractivity contribution is -0.151. The van der Waals surface area contributed by atoms with E-state index in [-0.39, 0.29) is 17.9 Å². The third-order valence-electron chi connectivity index (χ3n) is 5.18. The fourth-order valence-corrected chi connectivity index (χ4v) is 3.90. The van der Waals surface area contributed by atoms with Crippen molar-refractivity contribution in [3.05, 3.63) is 0 Å². The predicted molar refractivity (Wildman–Crippen MR) is 80.7 cm³/mol. The number of carboxylic acid groups (broad SMARTS) is 1. The number of nitrogens with one attached hydrogen (secondary N) is 1. The van der Waals surface area contributed by atoms with Gasteiger partial charge in [0.2, 0.25) is 5.91 Å². The topological polar surface area (TPSA) is 92.4 Å². The van der Waals surface area contributed by atoms with Crippen LogP contribution >= 0.6 is 0 Å². The maximum Gasteiger partial charge on any atom is 0.329 e. The Balaban J connectivity index is 2.09. The van der Waals surface area contributed by atoms with E-state index < -0.39 is 11.5 Å². The first-order valence-corrected chi connectivity index (χ1v) is 8.25. The average molecular weight is 296 g/mol. The first kappa shape index (κ1) is 16.3. The van der Waals surface area contributed by atoms with Crippen LogP contribution in [0, 0.1) is 11.8 Å². The fraction of sp³-hybridized carbons (Fsp3) is 0.875. The Morgan fingerprint density at radius 3 is 2.52 bits per heavy atom. The molecule has 21 heavy (non-hydrogen) atoms. The van der Waals surface area contributed by atoms with Crippen LogP contribution in [-0.4, -0.2) is 28.6 Å². The van der Waals surface area contributed by atoms with Crippen molar-refractivity contribution in [3.63, 3.8) is 0 Å². The van der Waals surface area contributed by atoms with Crippen molar-refractivity contribution in [2.45, 2.75) is 76.3 Å².